The van der Waals surface area contributed by atoms with E-state index in [4.69, 9.17) is 0 Å². The van der Waals surface area contributed by atoms with Crippen LogP contribution in [0.25, 0.3) is 5.82 Å². The van der Waals surface area contributed by atoms with E-state index in [2.05, 4.69) is 20.5 Å². The lowest BCUT2D eigenvalue weighted by molar-refractivity contribution is -0.121. The molecule has 0 spiro atoms. The Hall–Kier alpha value is -2.81. The SMILES string of the molecule is Cc1cc(C)n(-c2ccc(=O)n(C3CCC(NC(=O)Cc4cnc(C)s4)CC3)n2)n1. The van der Waals surface area contributed by atoms with Crippen LogP contribution in [0.2, 0.25) is 0 Å². The smallest absolute Gasteiger partial charge is 0.267 e. The summed E-state index contributed by atoms with van der Waals surface area (Å²) in [5, 5.41) is 13.2. The molecule has 0 radical (unpaired) electrons. The molecule has 1 fully saturated rings. The van der Waals surface area contributed by atoms with Crippen LogP contribution in [0.3, 0.4) is 0 Å². The van der Waals surface area contributed by atoms with Crippen molar-refractivity contribution < 1.29 is 4.79 Å². The zero-order valence-corrected chi connectivity index (χ0v) is 18.3. The molecular weight excluding hydrogens is 400 g/mol. The minimum absolute atomic E-state index is 0.0314. The molecule has 0 unspecified atom stereocenters. The van der Waals surface area contributed by atoms with Gasteiger partial charge in [-0.3, -0.25) is 9.59 Å². The molecule has 1 N–H and O–H groups in total. The summed E-state index contributed by atoms with van der Waals surface area (Å²) in [6.07, 6.45) is 5.41. The molecule has 1 aliphatic carbocycles. The molecule has 0 saturated heterocycles. The molecule has 3 aromatic heterocycles. The molecule has 0 atom stereocenters. The lowest BCUT2D eigenvalue weighted by Gasteiger charge is -2.29. The largest absolute Gasteiger partial charge is 0.353 e. The van der Waals surface area contributed by atoms with Gasteiger partial charge in [0.15, 0.2) is 5.82 Å². The van der Waals surface area contributed by atoms with Gasteiger partial charge in [0.05, 0.1) is 23.2 Å². The molecule has 8 nitrogen and oxygen atoms in total. The van der Waals surface area contributed by atoms with Crippen LogP contribution in [0.1, 0.15) is 53.0 Å². The first-order valence-electron chi connectivity index (χ1n) is 10.2. The highest BCUT2D eigenvalue weighted by Gasteiger charge is 2.25. The van der Waals surface area contributed by atoms with E-state index in [-0.39, 0.29) is 23.6 Å². The zero-order chi connectivity index (χ0) is 21.3. The monoisotopic (exact) mass is 426 g/mol. The first-order chi connectivity index (χ1) is 14.4. The van der Waals surface area contributed by atoms with Gasteiger partial charge in [-0.2, -0.15) is 5.10 Å². The minimum atomic E-state index is -0.103. The summed E-state index contributed by atoms with van der Waals surface area (Å²) in [5.41, 5.74) is 1.79. The number of nitrogens with one attached hydrogen (secondary N) is 1. The fourth-order valence-electron chi connectivity index (χ4n) is 4.04. The second kappa shape index (κ2) is 8.51. The van der Waals surface area contributed by atoms with Crippen LogP contribution in [-0.2, 0) is 11.2 Å². The highest BCUT2D eigenvalue weighted by molar-refractivity contribution is 7.11. The molecule has 0 aliphatic heterocycles. The summed E-state index contributed by atoms with van der Waals surface area (Å²) >= 11 is 1.55. The standard InChI is InChI=1S/C21H26N6O2S/c1-13-10-14(2)26(24-13)19-8-9-21(29)27(25-19)17-6-4-16(5-7-17)23-20(28)11-18-12-22-15(3)30-18/h8-10,12,16-17H,4-7,11H2,1-3H3,(H,23,28). The van der Waals surface area contributed by atoms with E-state index in [1.165, 1.54) is 0 Å². The number of aryl methyl sites for hydroxylation is 3. The van der Waals surface area contributed by atoms with Crippen molar-refractivity contribution in [1.82, 2.24) is 29.9 Å². The third-order valence-corrected chi connectivity index (χ3v) is 6.36. The van der Waals surface area contributed by atoms with Crippen LogP contribution in [0, 0.1) is 20.8 Å². The van der Waals surface area contributed by atoms with E-state index in [1.807, 2.05) is 26.8 Å². The van der Waals surface area contributed by atoms with Crippen molar-refractivity contribution in [3.8, 4) is 5.82 Å². The lowest BCUT2D eigenvalue weighted by Crippen LogP contribution is -2.40. The molecule has 1 amide bonds. The summed E-state index contributed by atoms with van der Waals surface area (Å²) in [4.78, 5) is 30.0. The summed E-state index contributed by atoms with van der Waals surface area (Å²) < 4.78 is 3.35. The summed E-state index contributed by atoms with van der Waals surface area (Å²) in [6.45, 7) is 5.84. The predicted molar refractivity (Wildman–Crippen MR) is 115 cm³/mol. The van der Waals surface area contributed by atoms with Gasteiger partial charge >= 0.3 is 0 Å². The van der Waals surface area contributed by atoms with Crippen LogP contribution < -0.4 is 10.9 Å². The number of hydrogen-bond donors (Lipinski definition) is 1. The molecule has 158 valence electrons. The van der Waals surface area contributed by atoms with Gasteiger partial charge in [-0.25, -0.2) is 14.3 Å². The third kappa shape index (κ3) is 4.51. The maximum atomic E-state index is 12.5. The Bertz CT molecular complexity index is 1110. The van der Waals surface area contributed by atoms with Gasteiger partial charge in [-0.1, -0.05) is 0 Å². The molecule has 0 bridgehead atoms. The predicted octanol–water partition coefficient (Wildman–Crippen LogP) is 2.65. The van der Waals surface area contributed by atoms with Crippen molar-refractivity contribution in [1.29, 1.82) is 0 Å². The first kappa shape index (κ1) is 20.5. The first-order valence-corrected chi connectivity index (χ1v) is 11.0. The maximum absolute atomic E-state index is 12.5. The van der Waals surface area contributed by atoms with Crippen molar-refractivity contribution in [3.63, 3.8) is 0 Å². The van der Waals surface area contributed by atoms with Crippen LogP contribution >= 0.6 is 11.3 Å². The number of rotatable bonds is 5. The molecular formula is C21H26N6O2S. The Labute approximate surface area is 179 Å². The van der Waals surface area contributed by atoms with Crippen molar-refractivity contribution in [2.45, 2.75) is 65.0 Å². The van der Waals surface area contributed by atoms with Crippen molar-refractivity contribution in [2.75, 3.05) is 0 Å². The minimum Gasteiger partial charge on any atom is -0.353 e. The van der Waals surface area contributed by atoms with Gasteiger partial charge in [0.2, 0.25) is 5.91 Å². The molecule has 9 heteroatoms. The Balaban J connectivity index is 1.39. The van der Waals surface area contributed by atoms with Gasteiger partial charge in [-0.15, -0.1) is 16.4 Å². The average Bonchev–Trinajstić information content (AvgIpc) is 3.27. The Morgan fingerprint density at radius 1 is 1.17 bits per heavy atom. The molecule has 1 saturated carbocycles. The quantitative estimate of drug-likeness (QED) is 0.677. The topological polar surface area (TPSA) is 94.7 Å². The lowest BCUT2D eigenvalue weighted by atomic mass is 9.91. The van der Waals surface area contributed by atoms with Crippen LogP contribution in [0.5, 0.6) is 0 Å². The van der Waals surface area contributed by atoms with Crippen molar-refractivity contribution >= 4 is 17.2 Å². The van der Waals surface area contributed by atoms with E-state index in [9.17, 15) is 9.59 Å². The zero-order valence-electron chi connectivity index (χ0n) is 17.5. The second-order valence-corrected chi connectivity index (χ2v) is 9.23. The Morgan fingerprint density at radius 2 is 1.93 bits per heavy atom. The van der Waals surface area contributed by atoms with Crippen LogP contribution in [0.15, 0.2) is 29.2 Å². The average molecular weight is 427 g/mol. The Morgan fingerprint density at radius 3 is 2.57 bits per heavy atom. The third-order valence-electron chi connectivity index (χ3n) is 5.45. The van der Waals surface area contributed by atoms with Crippen LogP contribution in [-0.4, -0.2) is 36.5 Å². The summed E-state index contributed by atoms with van der Waals surface area (Å²) in [6, 6.07) is 5.43. The molecule has 4 rings (SSSR count). The number of nitrogens with zero attached hydrogens (tertiary/aromatic N) is 5. The van der Waals surface area contributed by atoms with E-state index in [0.29, 0.717) is 12.2 Å². The number of aromatic nitrogens is 5. The normalized spacial score (nSPS) is 19.0. The maximum Gasteiger partial charge on any atom is 0.267 e. The van der Waals surface area contributed by atoms with Gasteiger partial charge in [0, 0.05) is 28.9 Å². The van der Waals surface area contributed by atoms with E-state index >= 15 is 0 Å². The van der Waals surface area contributed by atoms with E-state index < -0.39 is 0 Å². The van der Waals surface area contributed by atoms with Gasteiger partial charge in [0.1, 0.15) is 0 Å². The van der Waals surface area contributed by atoms with Crippen molar-refractivity contribution in [3.05, 3.63) is 56.0 Å². The number of hydrogen-bond acceptors (Lipinski definition) is 6. The summed E-state index contributed by atoms with van der Waals surface area (Å²) in [7, 11) is 0. The fourth-order valence-corrected chi connectivity index (χ4v) is 4.83. The molecule has 3 heterocycles. The molecule has 0 aromatic carbocycles. The highest BCUT2D eigenvalue weighted by atomic mass is 32.1. The molecule has 3 aromatic rings. The van der Waals surface area contributed by atoms with E-state index in [0.717, 1.165) is 47.0 Å². The fraction of sp³-hybridized carbons (Fsp3) is 0.476. The van der Waals surface area contributed by atoms with Gasteiger partial charge in [0.25, 0.3) is 5.56 Å². The summed E-state index contributed by atoms with van der Waals surface area (Å²) in [5.74, 6) is 0.680. The Kier molecular flexibility index (Phi) is 5.80. The van der Waals surface area contributed by atoms with Crippen LogP contribution in [0.4, 0.5) is 0 Å². The van der Waals surface area contributed by atoms with Crippen molar-refractivity contribution in [2.24, 2.45) is 0 Å². The number of amides is 1. The molecule has 30 heavy (non-hydrogen) atoms. The number of carbonyl (C=O) groups is 1. The number of thiazole rings is 1. The highest BCUT2D eigenvalue weighted by Crippen LogP contribution is 2.27. The second-order valence-electron chi connectivity index (χ2n) is 7.91. The van der Waals surface area contributed by atoms with Gasteiger partial charge in [-0.05, 0) is 58.6 Å². The number of carbonyl (C=O) groups excluding carboxylic acids is 1. The van der Waals surface area contributed by atoms with E-state index in [1.54, 1.807) is 39.0 Å². The van der Waals surface area contributed by atoms with Gasteiger partial charge < -0.3 is 5.32 Å². The molecule has 1 aliphatic rings.